The molecule has 0 unspecified atom stereocenters. The fourth-order valence-corrected chi connectivity index (χ4v) is 2.69. The highest BCUT2D eigenvalue weighted by molar-refractivity contribution is 5.95. The second-order valence-electron chi connectivity index (χ2n) is 6.35. The number of carbonyl (C=O) groups excluding carboxylic acids is 2. The molecular formula is C22H21NO3. The van der Waals surface area contributed by atoms with Crippen molar-refractivity contribution in [3.05, 3.63) is 77.9 Å². The molecule has 1 amide bonds. The van der Waals surface area contributed by atoms with Gasteiger partial charge in [-0.1, -0.05) is 60.2 Å². The monoisotopic (exact) mass is 347 g/mol. The van der Waals surface area contributed by atoms with Crippen LogP contribution >= 0.6 is 0 Å². The van der Waals surface area contributed by atoms with Crippen molar-refractivity contribution in [2.24, 2.45) is 0 Å². The summed E-state index contributed by atoms with van der Waals surface area (Å²) in [6.07, 6.45) is -0.725. The number of benzene rings is 3. The standard InChI is InChI=1S/C22H21NO3/c1-15-7-11-20(12-8-15)23-22(25)16(2)26-21(24)14-17-9-10-18-5-3-4-6-19(18)13-17/h3-13,16H,14H2,1-2H3,(H,23,25)/t16-/m0/s1. The van der Waals surface area contributed by atoms with Gasteiger partial charge in [-0.25, -0.2) is 0 Å². The summed E-state index contributed by atoms with van der Waals surface area (Å²) in [7, 11) is 0. The molecule has 132 valence electrons. The number of hydrogen-bond donors (Lipinski definition) is 1. The number of ether oxygens (including phenoxy) is 1. The highest BCUT2D eigenvalue weighted by Crippen LogP contribution is 2.16. The first-order valence-electron chi connectivity index (χ1n) is 8.56. The van der Waals surface area contributed by atoms with Crippen LogP contribution in [0.5, 0.6) is 0 Å². The van der Waals surface area contributed by atoms with Gasteiger partial charge in [0.15, 0.2) is 6.10 Å². The van der Waals surface area contributed by atoms with Gasteiger partial charge in [-0.2, -0.15) is 0 Å². The number of anilines is 1. The van der Waals surface area contributed by atoms with Crippen LogP contribution in [0, 0.1) is 6.92 Å². The molecule has 4 heteroatoms. The Kier molecular flexibility index (Phi) is 5.32. The fourth-order valence-electron chi connectivity index (χ4n) is 2.69. The Bertz CT molecular complexity index is 932. The Morgan fingerprint density at radius 3 is 2.38 bits per heavy atom. The lowest BCUT2D eigenvalue weighted by Gasteiger charge is -2.14. The normalized spacial score (nSPS) is 11.8. The molecule has 0 bridgehead atoms. The van der Waals surface area contributed by atoms with E-state index in [-0.39, 0.29) is 12.3 Å². The van der Waals surface area contributed by atoms with Crippen LogP contribution in [0.1, 0.15) is 18.1 Å². The lowest BCUT2D eigenvalue weighted by molar-refractivity contribution is -0.152. The Labute approximate surface area is 152 Å². The van der Waals surface area contributed by atoms with E-state index in [9.17, 15) is 9.59 Å². The fraction of sp³-hybridized carbons (Fsp3) is 0.182. The zero-order valence-corrected chi connectivity index (χ0v) is 14.9. The quantitative estimate of drug-likeness (QED) is 0.702. The SMILES string of the molecule is Cc1ccc(NC(=O)[C@H](C)OC(=O)Cc2ccc3ccccc3c2)cc1. The molecule has 0 aliphatic carbocycles. The highest BCUT2D eigenvalue weighted by atomic mass is 16.5. The van der Waals surface area contributed by atoms with Crippen molar-refractivity contribution in [1.82, 2.24) is 0 Å². The largest absolute Gasteiger partial charge is 0.452 e. The summed E-state index contributed by atoms with van der Waals surface area (Å²) in [6, 6.07) is 21.3. The lowest BCUT2D eigenvalue weighted by Crippen LogP contribution is -2.30. The molecule has 0 spiro atoms. The van der Waals surface area contributed by atoms with Crippen molar-refractivity contribution in [3.63, 3.8) is 0 Å². The van der Waals surface area contributed by atoms with Gasteiger partial charge < -0.3 is 10.1 Å². The number of carbonyl (C=O) groups is 2. The van der Waals surface area contributed by atoms with E-state index in [1.165, 1.54) is 0 Å². The smallest absolute Gasteiger partial charge is 0.311 e. The van der Waals surface area contributed by atoms with Crippen LogP contribution < -0.4 is 5.32 Å². The average Bonchev–Trinajstić information content (AvgIpc) is 2.63. The summed E-state index contributed by atoms with van der Waals surface area (Å²) in [5.74, 6) is -0.771. The topological polar surface area (TPSA) is 55.4 Å². The van der Waals surface area contributed by atoms with Crippen molar-refractivity contribution in [1.29, 1.82) is 0 Å². The first-order valence-corrected chi connectivity index (χ1v) is 8.56. The van der Waals surface area contributed by atoms with E-state index in [1.54, 1.807) is 6.92 Å². The number of nitrogens with one attached hydrogen (secondary N) is 1. The van der Waals surface area contributed by atoms with E-state index >= 15 is 0 Å². The molecular weight excluding hydrogens is 326 g/mol. The summed E-state index contributed by atoms with van der Waals surface area (Å²) < 4.78 is 5.27. The number of hydrogen-bond acceptors (Lipinski definition) is 3. The van der Waals surface area contributed by atoms with Gasteiger partial charge in [-0.3, -0.25) is 9.59 Å². The molecule has 0 aliphatic rings. The predicted molar refractivity (Wildman–Crippen MR) is 103 cm³/mol. The second kappa shape index (κ2) is 7.83. The van der Waals surface area contributed by atoms with Gasteiger partial charge >= 0.3 is 5.97 Å². The molecule has 0 radical (unpaired) electrons. The Morgan fingerprint density at radius 2 is 1.65 bits per heavy atom. The van der Waals surface area contributed by atoms with Crippen molar-refractivity contribution >= 4 is 28.3 Å². The third kappa shape index (κ3) is 4.48. The molecule has 3 aromatic carbocycles. The molecule has 26 heavy (non-hydrogen) atoms. The maximum atomic E-state index is 12.2. The first-order chi connectivity index (χ1) is 12.5. The van der Waals surface area contributed by atoms with E-state index in [0.717, 1.165) is 21.9 Å². The number of fused-ring (bicyclic) bond motifs is 1. The molecule has 3 rings (SSSR count). The average molecular weight is 347 g/mol. The highest BCUT2D eigenvalue weighted by Gasteiger charge is 2.18. The lowest BCUT2D eigenvalue weighted by atomic mass is 10.1. The molecule has 0 aromatic heterocycles. The maximum absolute atomic E-state index is 12.2. The molecule has 0 fully saturated rings. The zero-order valence-electron chi connectivity index (χ0n) is 14.9. The minimum Gasteiger partial charge on any atom is -0.452 e. The number of amides is 1. The summed E-state index contributed by atoms with van der Waals surface area (Å²) >= 11 is 0. The summed E-state index contributed by atoms with van der Waals surface area (Å²) in [4.78, 5) is 24.3. The van der Waals surface area contributed by atoms with Crippen LogP contribution in [0.25, 0.3) is 10.8 Å². The van der Waals surface area contributed by atoms with Gasteiger partial charge in [0.1, 0.15) is 0 Å². The van der Waals surface area contributed by atoms with Crippen LogP contribution in [0.2, 0.25) is 0 Å². The molecule has 0 saturated carbocycles. The minimum absolute atomic E-state index is 0.132. The van der Waals surface area contributed by atoms with Gasteiger partial charge in [-0.15, -0.1) is 0 Å². The molecule has 3 aromatic rings. The Balaban J connectivity index is 1.57. The van der Waals surface area contributed by atoms with Crippen LogP contribution in [0.15, 0.2) is 66.7 Å². The summed E-state index contributed by atoms with van der Waals surface area (Å²) in [6.45, 7) is 3.55. The van der Waals surface area contributed by atoms with E-state index in [4.69, 9.17) is 4.74 Å². The first kappa shape index (κ1) is 17.7. The summed E-state index contributed by atoms with van der Waals surface area (Å²) in [5.41, 5.74) is 2.65. The van der Waals surface area contributed by atoms with Crippen LogP contribution in [0.3, 0.4) is 0 Å². The molecule has 0 aliphatic heterocycles. The maximum Gasteiger partial charge on any atom is 0.311 e. The third-order valence-electron chi connectivity index (χ3n) is 4.16. The van der Waals surface area contributed by atoms with Crippen molar-refractivity contribution < 1.29 is 14.3 Å². The van der Waals surface area contributed by atoms with E-state index in [1.807, 2.05) is 73.7 Å². The van der Waals surface area contributed by atoms with Crippen LogP contribution in [0.4, 0.5) is 5.69 Å². The molecule has 1 atom stereocenters. The van der Waals surface area contributed by atoms with E-state index in [2.05, 4.69) is 5.32 Å². The third-order valence-corrected chi connectivity index (χ3v) is 4.16. The van der Waals surface area contributed by atoms with Gasteiger partial charge in [0, 0.05) is 5.69 Å². The number of esters is 1. The van der Waals surface area contributed by atoms with Crippen molar-refractivity contribution in [2.45, 2.75) is 26.4 Å². The van der Waals surface area contributed by atoms with E-state index < -0.39 is 12.1 Å². The van der Waals surface area contributed by atoms with Crippen LogP contribution in [-0.2, 0) is 20.7 Å². The number of aryl methyl sites for hydroxylation is 1. The van der Waals surface area contributed by atoms with E-state index in [0.29, 0.717) is 5.69 Å². The van der Waals surface area contributed by atoms with Crippen molar-refractivity contribution in [2.75, 3.05) is 5.32 Å². The van der Waals surface area contributed by atoms with Crippen LogP contribution in [-0.4, -0.2) is 18.0 Å². The summed E-state index contributed by atoms with van der Waals surface area (Å²) in [5, 5.41) is 4.94. The van der Waals surface area contributed by atoms with Crippen molar-refractivity contribution in [3.8, 4) is 0 Å². The number of rotatable bonds is 5. The van der Waals surface area contributed by atoms with Gasteiger partial charge in [0.05, 0.1) is 6.42 Å². The Morgan fingerprint density at radius 1 is 0.962 bits per heavy atom. The second-order valence-corrected chi connectivity index (χ2v) is 6.35. The molecule has 0 saturated heterocycles. The predicted octanol–water partition coefficient (Wildman–Crippen LogP) is 4.26. The minimum atomic E-state index is -0.857. The molecule has 4 nitrogen and oxygen atoms in total. The zero-order chi connectivity index (χ0) is 18.5. The van der Waals surface area contributed by atoms with Gasteiger partial charge in [0.25, 0.3) is 5.91 Å². The molecule has 0 heterocycles. The molecule has 1 N–H and O–H groups in total. The Hall–Kier alpha value is -3.14. The van der Waals surface area contributed by atoms with Gasteiger partial charge in [-0.05, 0) is 42.3 Å². The van der Waals surface area contributed by atoms with Gasteiger partial charge in [0.2, 0.25) is 0 Å².